The zero-order valence-corrected chi connectivity index (χ0v) is 13.1. The molecule has 0 fully saturated rings. The summed E-state index contributed by atoms with van der Waals surface area (Å²) in [7, 11) is 3.17. The molecule has 1 aromatic heterocycles. The molecule has 0 radical (unpaired) electrons. The summed E-state index contributed by atoms with van der Waals surface area (Å²) in [6.07, 6.45) is 0. The average molecular weight is 294 g/mol. The van der Waals surface area contributed by atoms with E-state index in [4.69, 9.17) is 9.47 Å². The molecule has 0 spiro atoms. The lowest BCUT2D eigenvalue weighted by molar-refractivity contribution is -0.123. The van der Waals surface area contributed by atoms with Gasteiger partial charge in [0.1, 0.15) is 0 Å². The van der Waals surface area contributed by atoms with Crippen molar-refractivity contribution in [1.29, 1.82) is 0 Å². The van der Waals surface area contributed by atoms with Crippen LogP contribution in [0.1, 0.15) is 20.8 Å². The summed E-state index contributed by atoms with van der Waals surface area (Å²) in [6, 6.07) is 3.66. The molecule has 0 aliphatic rings. The molecule has 0 bridgehead atoms. The summed E-state index contributed by atoms with van der Waals surface area (Å²) in [6.45, 7) is 5.59. The van der Waals surface area contributed by atoms with E-state index >= 15 is 0 Å². The van der Waals surface area contributed by atoms with E-state index < -0.39 is 5.41 Å². The number of carbonyl (C=O) groups is 1. The Morgan fingerprint density at radius 1 is 1.20 bits per heavy atom. The number of fused-ring (bicyclic) bond motifs is 1. The third-order valence-corrected chi connectivity index (χ3v) is 3.73. The van der Waals surface area contributed by atoms with E-state index in [1.165, 1.54) is 11.3 Å². The van der Waals surface area contributed by atoms with Crippen molar-refractivity contribution in [2.45, 2.75) is 20.8 Å². The molecule has 0 atom stereocenters. The molecule has 5 nitrogen and oxygen atoms in total. The summed E-state index contributed by atoms with van der Waals surface area (Å²) in [5.74, 6) is 1.21. The van der Waals surface area contributed by atoms with Crippen molar-refractivity contribution in [3.8, 4) is 11.5 Å². The Hall–Kier alpha value is -1.82. The van der Waals surface area contributed by atoms with Crippen LogP contribution in [0.25, 0.3) is 10.2 Å². The van der Waals surface area contributed by atoms with Crippen LogP contribution in [0.5, 0.6) is 11.5 Å². The lowest BCUT2D eigenvalue weighted by atomic mass is 9.96. The Bertz CT molecular complexity index is 603. The number of hydrogen-bond donors (Lipinski definition) is 1. The van der Waals surface area contributed by atoms with E-state index in [1.807, 2.05) is 26.8 Å². The van der Waals surface area contributed by atoms with Gasteiger partial charge in [-0.15, -0.1) is 0 Å². The number of nitrogens with zero attached hydrogens (tertiary/aromatic N) is 1. The number of hydrogen-bond acceptors (Lipinski definition) is 5. The number of nitrogens with one attached hydrogen (secondary N) is 1. The Labute approximate surface area is 121 Å². The van der Waals surface area contributed by atoms with Crippen molar-refractivity contribution in [3.63, 3.8) is 0 Å². The zero-order chi connectivity index (χ0) is 14.9. The third kappa shape index (κ3) is 2.85. The number of rotatable bonds is 3. The van der Waals surface area contributed by atoms with Crippen LogP contribution in [0, 0.1) is 5.41 Å². The molecular weight excluding hydrogens is 276 g/mol. The molecule has 1 N–H and O–H groups in total. The van der Waals surface area contributed by atoms with Crippen molar-refractivity contribution in [1.82, 2.24) is 4.98 Å². The first-order valence-corrected chi connectivity index (χ1v) is 7.01. The Morgan fingerprint density at radius 3 is 2.35 bits per heavy atom. The molecule has 20 heavy (non-hydrogen) atoms. The van der Waals surface area contributed by atoms with Gasteiger partial charge in [-0.1, -0.05) is 32.1 Å². The normalized spacial score (nSPS) is 11.4. The first-order chi connectivity index (χ1) is 9.35. The highest BCUT2D eigenvalue weighted by Crippen LogP contribution is 2.36. The molecule has 0 aliphatic heterocycles. The average Bonchev–Trinajstić information content (AvgIpc) is 2.76. The van der Waals surface area contributed by atoms with Crippen molar-refractivity contribution in [2.24, 2.45) is 5.41 Å². The van der Waals surface area contributed by atoms with E-state index in [0.717, 1.165) is 10.2 Å². The van der Waals surface area contributed by atoms with Crippen LogP contribution < -0.4 is 14.8 Å². The molecule has 1 amide bonds. The van der Waals surface area contributed by atoms with Crippen LogP contribution in [-0.4, -0.2) is 25.1 Å². The largest absolute Gasteiger partial charge is 0.493 e. The van der Waals surface area contributed by atoms with Gasteiger partial charge in [0, 0.05) is 17.5 Å². The van der Waals surface area contributed by atoms with Crippen LogP contribution in [0.15, 0.2) is 12.1 Å². The highest BCUT2D eigenvalue weighted by Gasteiger charge is 2.22. The van der Waals surface area contributed by atoms with E-state index in [2.05, 4.69) is 10.3 Å². The van der Waals surface area contributed by atoms with Gasteiger partial charge in [0.05, 0.1) is 24.4 Å². The van der Waals surface area contributed by atoms with Crippen molar-refractivity contribution < 1.29 is 14.3 Å². The maximum Gasteiger partial charge on any atom is 0.231 e. The topological polar surface area (TPSA) is 60.5 Å². The minimum absolute atomic E-state index is 0.0597. The number of carbonyl (C=O) groups excluding carboxylic acids is 1. The van der Waals surface area contributed by atoms with Crippen LogP contribution in [0.3, 0.4) is 0 Å². The van der Waals surface area contributed by atoms with E-state index in [0.29, 0.717) is 16.6 Å². The second-order valence-corrected chi connectivity index (χ2v) is 6.43. The fourth-order valence-corrected chi connectivity index (χ4v) is 2.46. The fraction of sp³-hybridized carbons (Fsp3) is 0.429. The third-order valence-electron chi connectivity index (χ3n) is 2.80. The van der Waals surface area contributed by atoms with Gasteiger partial charge < -0.3 is 14.8 Å². The molecule has 6 heteroatoms. The van der Waals surface area contributed by atoms with Crippen LogP contribution in [-0.2, 0) is 4.79 Å². The Kier molecular flexibility index (Phi) is 3.85. The summed E-state index contributed by atoms with van der Waals surface area (Å²) >= 11 is 1.41. The lowest BCUT2D eigenvalue weighted by Gasteiger charge is -2.15. The maximum absolute atomic E-state index is 12.0. The first kappa shape index (κ1) is 14.6. The molecule has 108 valence electrons. The Balaban J connectivity index is 2.36. The van der Waals surface area contributed by atoms with Gasteiger partial charge >= 0.3 is 0 Å². The predicted octanol–water partition coefficient (Wildman–Crippen LogP) is 3.30. The number of ether oxygens (including phenoxy) is 2. The molecule has 1 aromatic carbocycles. The Morgan fingerprint density at radius 2 is 1.80 bits per heavy atom. The highest BCUT2D eigenvalue weighted by atomic mass is 32.1. The van der Waals surface area contributed by atoms with Crippen LogP contribution in [0.2, 0.25) is 0 Å². The van der Waals surface area contributed by atoms with Gasteiger partial charge in [-0.3, -0.25) is 4.79 Å². The van der Waals surface area contributed by atoms with Crippen LogP contribution in [0.4, 0.5) is 5.13 Å². The second kappa shape index (κ2) is 5.28. The summed E-state index contributed by atoms with van der Waals surface area (Å²) in [5, 5.41) is 3.41. The number of benzene rings is 1. The zero-order valence-electron chi connectivity index (χ0n) is 12.2. The number of methoxy groups -OCH3 is 2. The predicted molar refractivity (Wildman–Crippen MR) is 80.8 cm³/mol. The molecule has 0 aliphatic carbocycles. The van der Waals surface area contributed by atoms with E-state index in [1.54, 1.807) is 20.3 Å². The van der Waals surface area contributed by atoms with Crippen molar-refractivity contribution >= 4 is 32.6 Å². The molecule has 0 saturated carbocycles. The minimum Gasteiger partial charge on any atom is -0.493 e. The van der Waals surface area contributed by atoms with Gasteiger partial charge in [0.25, 0.3) is 0 Å². The SMILES string of the molecule is COc1cc2nc(NC(=O)C(C)(C)C)sc2cc1OC. The number of aromatic nitrogens is 1. The molecular formula is C14H18N2O3S. The highest BCUT2D eigenvalue weighted by molar-refractivity contribution is 7.22. The molecule has 2 rings (SSSR count). The number of amides is 1. The van der Waals surface area contributed by atoms with E-state index in [-0.39, 0.29) is 5.91 Å². The van der Waals surface area contributed by atoms with Crippen molar-refractivity contribution in [3.05, 3.63) is 12.1 Å². The second-order valence-electron chi connectivity index (χ2n) is 5.40. The van der Waals surface area contributed by atoms with E-state index in [9.17, 15) is 4.79 Å². The summed E-state index contributed by atoms with van der Waals surface area (Å²) < 4.78 is 11.4. The molecule has 1 heterocycles. The molecule has 2 aromatic rings. The molecule has 0 unspecified atom stereocenters. The van der Waals surface area contributed by atoms with Gasteiger partial charge in [0.15, 0.2) is 16.6 Å². The monoisotopic (exact) mass is 294 g/mol. The molecule has 0 saturated heterocycles. The minimum atomic E-state index is -0.451. The number of anilines is 1. The smallest absolute Gasteiger partial charge is 0.231 e. The van der Waals surface area contributed by atoms with Gasteiger partial charge in [-0.05, 0) is 0 Å². The summed E-state index contributed by atoms with van der Waals surface area (Å²) in [4.78, 5) is 16.4. The fourth-order valence-electron chi connectivity index (χ4n) is 1.59. The van der Waals surface area contributed by atoms with Crippen molar-refractivity contribution in [2.75, 3.05) is 19.5 Å². The van der Waals surface area contributed by atoms with Gasteiger partial charge in [-0.2, -0.15) is 0 Å². The first-order valence-electron chi connectivity index (χ1n) is 6.19. The maximum atomic E-state index is 12.0. The summed E-state index contributed by atoms with van der Waals surface area (Å²) in [5.41, 5.74) is 0.324. The van der Waals surface area contributed by atoms with Gasteiger partial charge in [-0.25, -0.2) is 4.98 Å². The standard InChI is InChI=1S/C14H18N2O3S/c1-14(2,3)12(17)16-13-15-8-6-9(18-4)10(19-5)7-11(8)20-13/h6-7H,1-5H3,(H,15,16,17). The lowest BCUT2D eigenvalue weighted by Crippen LogP contribution is -2.27. The van der Waals surface area contributed by atoms with Crippen LogP contribution >= 0.6 is 11.3 Å². The number of thiazole rings is 1. The quantitative estimate of drug-likeness (QED) is 0.943. The van der Waals surface area contributed by atoms with Gasteiger partial charge in [0.2, 0.25) is 5.91 Å².